The molecule has 0 radical (unpaired) electrons. The highest BCUT2D eigenvalue weighted by atomic mass is 14.2. The van der Waals surface area contributed by atoms with Crippen molar-refractivity contribution in [2.45, 2.75) is 0 Å². The maximum atomic E-state index is 2.46. The first-order valence-corrected chi connectivity index (χ1v) is 21.6. The second-order valence-electron chi connectivity index (χ2n) is 16.7. The first-order valence-electron chi connectivity index (χ1n) is 21.6. The smallest absolute Gasteiger partial charge is 0.00141 e. The molecule has 0 aliphatic heterocycles. The van der Waals surface area contributed by atoms with E-state index in [1.165, 1.54) is 131 Å². The van der Waals surface area contributed by atoms with Gasteiger partial charge >= 0.3 is 0 Å². The second kappa shape index (κ2) is 13.7. The van der Waals surface area contributed by atoms with E-state index >= 15 is 0 Å². The number of benzene rings is 13. The Morgan fingerprint density at radius 3 is 0.887 bits per heavy atom. The highest BCUT2D eigenvalue weighted by Crippen LogP contribution is 2.49. The van der Waals surface area contributed by atoms with Crippen molar-refractivity contribution >= 4 is 86.2 Å². The van der Waals surface area contributed by atoms with Gasteiger partial charge in [0.1, 0.15) is 0 Å². The van der Waals surface area contributed by atoms with E-state index in [0.717, 1.165) is 0 Å². The summed E-state index contributed by atoms with van der Waals surface area (Å²) in [6, 6.07) is 85.7. The average Bonchev–Trinajstić information content (AvgIpc) is 3.35. The van der Waals surface area contributed by atoms with Crippen molar-refractivity contribution in [1.82, 2.24) is 0 Å². The van der Waals surface area contributed by atoms with E-state index in [9.17, 15) is 0 Å². The number of hydrogen-bond donors (Lipinski definition) is 0. The number of fused-ring (bicyclic) bond motifs is 11. The molecule has 0 aliphatic carbocycles. The molecule has 13 aromatic carbocycles. The molecule has 0 aliphatic rings. The second-order valence-corrected chi connectivity index (χ2v) is 16.7. The molecule has 0 saturated heterocycles. The summed E-state index contributed by atoms with van der Waals surface area (Å²) in [5, 5.41) is 20.2. The van der Waals surface area contributed by atoms with Gasteiger partial charge in [-0.2, -0.15) is 0 Å². The van der Waals surface area contributed by atoms with Crippen molar-refractivity contribution in [3.63, 3.8) is 0 Å². The van der Waals surface area contributed by atoms with Crippen molar-refractivity contribution in [1.29, 1.82) is 0 Å². The van der Waals surface area contributed by atoms with E-state index in [1.807, 2.05) is 0 Å². The summed E-state index contributed by atoms with van der Waals surface area (Å²) in [6.07, 6.45) is 0. The SMILES string of the molecule is c1ccc(-c2c3ccccc3c(-c3ccc4ccc5ccc(-c6c7ccccc7c(-c7ccccc7)c7c6ccc6ccccc67)cc5c4c3)c3ccc4ccccc4c23)cc1. The molecular formula is C62H38. The Kier molecular flexibility index (Phi) is 7.71. The van der Waals surface area contributed by atoms with Gasteiger partial charge in [-0.05, 0) is 143 Å². The first-order chi connectivity index (χ1) is 30.8. The normalized spacial score (nSPS) is 11.9. The average molecular weight is 783 g/mol. The van der Waals surface area contributed by atoms with Crippen molar-refractivity contribution in [2.24, 2.45) is 0 Å². The van der Waals surface area contributed by atoms with Crippen LogP contribution in [0, 0.1) is 0 Å². The van der Waals surface area contributed by atoms with Crippen LogP contribution in [0.1, 0.15) is 0 Å². The first kappa shape index (κ1) is 34.8. The summed E-state index contributed by atoms with van der Waals surface area (Å²) >= 11 is 0. The van der Waals surface area contributed by atoms with Crippen LogP contribution in [0.5, 0.6) is 0 Å². The molecule has 13 rings (SSSR count). The molecule has 0 saturated carbocycles. The molecule has 0 heteroatoms. The molecule has 0 heterocycles. The fourth-order valence-electron chi connectivity index (χ4n) is 10.7. The van der Waals surface area contributed by atoms with Crippen LogP contribution in [-0.2, 0) is 0 Å². The summed E-state index contributed by atoms with van der Waals surface area (Å²) in [5.74, 6) is 0. The van der Waals surface area contributed by atoms with Gasteiger partial charge in [0, 0.05) is 0 Å². The van der Waals surface area contributed by atoms with Crippen LogP contribution in [0.2, 0.25) is 0 Å². The van der Waals surface area contributed by atoms with Crippen LogP contribution in [0.3, 0.4) is 0 Å². The van der Waals surface area contributed by atoms with Gasteiger partial charge in [0.05, 0.1) is 0 Å². The van der Waals surface area contributed by atoms with Crippen molar-refractivity contribution in [3.05, 3.63) is 231 Å². The lowest BCUT2D eigenvalue weighted by Crippen LogP contribution is -1.93. The van der Waals surface area contributed by atoms with Crippen molar-refractivity contribution in [2.75, 3.05) is 0 Å². The fraction of sp³-hybridized carbons (Fsp3) is 0. The zero-order valence-electron chi connectivity index (χ0n) is 33.9. The van der Waals surface area contributed by atoms with Crippen LogP contribution in [0.15, 0.2) is 231 Å². The van der Waals surface area contributed by atoms with E-state index < -0.39 is 0 Å². The van der Waals surface area contributed by atoms with Crippen LogP contribution in [0.25, 0.3) is 131 Å². The monoisotopic (exact) mass is 782 g/mol. The fourth-order valence-corrected chi connectivity index (χ4v) is 10.7. The van der Waals surface area contributed by atoms with E-state index in [1.54, 1.807) is 0 Å². The highest BCUT2D eigenvalue weighted by Gasteiger charge is 2.21. The minimum atomic E-state index is 1.22. The quantitative estimate of drug-likeness (QED) is 0.123. The van der Waals surface area contributed by atoms with Gasteiger partial charge in [-0.25, -0.2) is 0 Å². The molecule has 0 atom stereocenters. The maximum Gasteiger partial charge on any atom is -0.00141 e. The summed E-state index contributed by atoms with van der Waals surface area (Å²) in [4.78, 5) is 0. The predicted octanol–water partition coefficient (Wildman–Crippen LogP) is 17.6. The van der Waals surface area contributed by atoms with Gasteiger partial charge in [-0.1, -0.05) is 218 Å². The largest absolute Gasteiger partial charge is 0.0622 e. The summed E-state index contributed by atoms with van der Waals surface area (Å²) in [7, 11) is 0. The maximum absolute atomic E-state index is 2.46. The van der Waals surface area contributed by atoms with Crippen LogP contribution < -0.4 is 0 Å². The van der Waals surface area contributed by atoms with Gasteiger partial charge in [0.15, 0.2) is 0 Å². The molecule has 286 valence electrons. The zero-order valence-corrected chi connectivity index (χ0v) is 33.9. The molecule has 0 spiro atoms. The molecular weight excluding hydrogens is 745 g/mol. The van der Waals surface area contributed by atoms with Gasteiger partial charge in [0.2, 0.25) is 0 Å². The minimum Gasteiger partial charge on any atom is -0.0622 e. The lowest BCUT2D eigenvalue weighted by Gasteiger charge is -2.20. The van der Waals surface area contributed by atoms with Gasteiger partial charge in [-0.3, -0.25) is 0 Å². The molecule has 0 bridgehead atoms. The molecule has 0 N–H and O–H groups in total. The Balaban J connectivity index is 1.11. The van der Waals surface area contributed by atoms with Crippen molar-refractivity contribution < 1.29 is 0 Å². The van der Waals surface area contributed by atoms with Crippen LogP contribution in [-0.4, -0.2) is 0 Å². The molecule has 0 amide bonds. The number of rotatable bonds is 4. The lowest BCUT2D eigenvalue weighted by atomic mass is 9.83. The molecule has 0 unspecified atom stereocenters. The van der Waals surface area contributed by atoms with Crippen LogP contribution >= 0.6 is 0 Å². The van der Waals surface area contributed by atoms with E-state index in [2.05, 4.69) is 231 Å². The molecule has 62 heavy (non-hydrogen) atoms. The number of hydrogen-bond acceptors (Lipinski definition) is 0. The summed E-state index contributed by atoms with van der Waals surface area (Å²) < 4.78 is 0. The zero-order chi connectivity index (χ0) is 40.7. The third-order valence-corrected chi connectivity index (χ3v) is 13.4. The van der Waals surface area contributed by atoms with E-state index in [4.69, 9.17) is 0 Å². The minimum absolute atomic E-state index is 1.22. The Hall–Kier alpha value is -8.06. The van der Waals surface area contributed by atoms with Gasteiger partial charge in [-0.15, -0.1) is 0 Å². The predicted molar refractivity (Wildman–Crippen MR) is 268 cm³/mol. The van der Waals surface area contributed by atoms with E-state index in [0.29, 0.717) is 0 Å². The van der Waals surface area contributed by atoms with Gasteiger partial charge in [0.25, 0.3) is 0 Å². The molecule has 13 aromatic rings. The molecule has 0 aromatic heterocycles. The summed E-state index contributed by atoms with van der Waals surface area (Å²) in [5.41, 5.74) is 10.0. The molecule has 0 nitrogen and oxygen atoms in total. The Labute approximate surface area is 359 Å². The standard InChI is InChI=1S/C62H38/c1-3-17-43(18-4-1)59-51-25-13-11-23-49(51)57(53-35-33-39-15-7-9-21-47(39)61(53)59)45-31-29-41-27-28-42-30-32-46(38-56(42)55(41)37-45)58-50-24-12-14-26-52(50)60(44-19-5-2-6-20-44)62-48-22-10-8-16-40(48)34-36-54(58)62/h1-38H. The van der Waals surface area contributed by atoms with E-state index in [-0.39, 0.29) is 0 Å². The Morgan fingerprint density at radius 2 is 0.468 bits per heavy atom. The Morgan fingerprint density at radius 1 is 0.161 bits per heavy atom. The lowest BCUT2D eigenvalue weighted by molar-refractivity contribution is 1.67. The molecule has 0 fully saturated rings. The highest BCUT2D eigenvalue weighted by molar-refractivity contribution is 6.30. The van der Waals surface area contributed by atoms with Gasteiger partial charge < -0.3 is 0 Å². The third-order valence-electron chi connectivity index (χ3n) is 13.4. The van der Waals surface area contributed by atoms with Crippen molar-refractivity contribution in [3.8, 4) is 44.5 Å². The summed E-state index contributed by atoms with van der Waals surface area (Å²) in [6.45, 7) is 0. The topological polar surface area (TPSA) is 0 Å². The third kappa shape index (κ3) is 5.20. The van der Waals surface area contributed by atoms with Crippen LogP contribution in [0.4, 0.5) is 0 Å². The Bertz CT molecular complexity index is 3690.